The summed E-state index contributed by atoms with van der Waals surface area (Å²) in [5.74, 6) is -1.40. The predicted molar refractivity (Wildman–Crippen MR) is 76.3 cm³/mol. The van der Waals surface area contributed by atoms with Crippen LogP contribution in [0.25, 0.3) is 0 Å². The monoisotopic (exact) mass is 353 g/mol. The van der Waals surface area contributed by atoms with E-state index < -0.39 is 16.7 Å². The number of nitro benzene ring substituents is 1. The van der Waals surface area contributed by atoms with E-state index in [9.17, 15) is 19.3 Å². The molecule has 0 amide bonds. The molecule has 2 aromatic rings. The van der Waals surface area contributed by atoms with Gasteiger partial charge in [-0.25, -0.2) is 9.18 Å². The molecule has 0 spiro atoms. The van der Waals surface area contributed by atoms with Gasteiger partial charge in [0.25, 0.3) is 5.69 Å². The van der Waals surface area contributed by atoms with Crippen molar-refractivity contribution in [1.29, 1.82) is 0 Å². The number of rotatable bonds is 4. The number of halogens is 2. The van der Waals surface area contributed by atoms with E-state index in [0.717, 1.165) is 0 Å². The second-order valence-corrected chi connectivity index (χ2v) is 5.00. The highest BCUT2D eigenvalue weighted by atomic mass is 79.9. The fraction of sp³-hybridized carbons (Fsp3) is 0.0714. The Bertz CT molecular complexity index is 705. The molecule has 0 aromatic heterocycles. The number of carbonyl (C=O) groups is 1. The van der Waals surface area contributed by atoms with Gasteiger partial charge < -0.3 is 4.74 Å². The summed E-state index contributed by atoms with van der Waals surface area (Å²) in [6, 6.07) is 9.75. The van der Waals surface area contributed by atoms with Crippen LogP contribution in [-0.4, -0.2) is 10.9 Å². The summed E-state index contributed by atoms with van der Waals surface area (Å²) < 4.78 is 19.1. The van der Waals surface area contributed by atoms with Gasteiger partial charge in [-0.3, -0.25) is 10.1 Å². The Morgan fingerprint density at radius 2 is 2.00 bits per heavy atom. The summed E-state index contributed by atoms with van der Waals surface area (Å²) in [5, 5.41) is 10.8. The third-order valence-corrected chi connectivity index (χ3v) is 3.19. The van der Waals surface area contributed by atoms with Crippen LogP contribution in [0, 0.1) is 15.9 Å². The van der Waals surface area contributed by atoms with Crippen LogP contribution in [0.2, 0.25) is 0 Å². The van der Waals surface area contributed by atoms with Crippen LogP contribution in [0.4, 0.5) is 10.1 Å². The summed E-state index contributed by atoms with van der Waals surface area (Å²) in [5.41, 5.74) is -0.330. The van der Waals surface area contributed by atoms with Gasteiger partial charge in [0.15, 0.2) is 0 Å². The lowest BCUT2D eigenvalue weighted by Gasteiger charge is -2.06. The second-order valence-electron chi connectivity index (χ2n) is 4.09. The third-order valence-electron chi connectivity index (χ3n) is 2.69. The van der Waals surface area contributed by atoms with Gasteiger partial charge in [-0.05, 0) is 18.2 Å². The van der Waals surface area contributed by atoms with Gasteiger partial charge in [0.05, 0.1) is 4.92 Å². The highest BCUT2D eigenvalue weighted by Crippen LogP contribution is 2.20. The molecule has 0 aliphatic carbocycles. The largest absolute Gasteiger partial charge is 0.457 e. The number of benzene rings is 2. The van der Waals surface area contributed by atoms with E-state index >= 15 is 0 Å². The van der Waals surface area contributed by atoms with Crippen LogP contribution < -0.4 is 0 Å². The number of hydrogen-bond donors (Lipinski definition) is 0. The lowest BCUT2D eigenvalue weighted by Crippen LogP contribution is -2.08. The summed E-state index contributed by atoms with van der Waals surface area (Å²) in [6.07, 6.45) is 0. The Balaban J connectivity index is 2.14. The van der Waals surface area contributed by atoms with Crippen molar-refractivity contribution < 1.29 is 18.8 Å². The molecule has 0 unspecified atom stereocenters. The predicted octanol–water partition coefficient (Wildman–Crippen LogP) is 3.85. The molecular formula is C14H9BrFNO4. The van der Waals surface area contributed by atoms with Gasteiger partial charge >= 0.3 is 5.97 Å². The smallest absolute Gasteiger partial charge is 0.345 e. The Kier molecular flexibility index (Phi) is 4.64. The summed E-state index contributed by atoms with van der Waals surface area (Å²) >= 11 is 3.12. The summed E-state index contributed by atoms with van der Waals surface area (Å²) in [7, 11) is 0. The number of esters is 1. The van der Waals surface area contributed by atoms with Gasteiger partial charge in [-0.1, -0.05) is 34.1 Å². The molecule has 0 aliphatic heterocycles. The van der Waals surface area contributed by atoms with Crippen LogP contribution in [-0.2, 0) is 11.3 Å². The second kappa shape index (κ2) is 6.45. The van der Waals surface area contributed by atoms with Crippen LogP contribution in [0.5, 0.6) is 0 Å². The van der Waals surface area contributed by atoms with Crippen LogP contribution >= 0.6 is 15.9 Å². The maximum absolute atomic E-state index is 13.6. The van der Waals surface area contributed by atoms with Gasteiger partial charge in [-0.2, -0.15) is 0 Å². The summed E-state index contributed by atoms with van der Waals surface area (Å²) in [6.45, 7) is -0.302. The molecule has 0 aliphatic rings. The van der Waals surface area contributed by atoms with Crippen molar-refractivity contribution in [3.8, 4) is 0 Å². The molecule has 0 atom stereocenters. The quantitative estimate of drug-likeness (QED) is 0.475. The minimum absolute atomic E-state index is 0.167. The first-order chi connectivity index (χ1) is 9.99. The molecule has 0 N–H and O–H groups in total. The minimum atomic E-state index is -0.871. The number of ether oxygens (including phenoxy) is 1. The Hall–Kier alpha value is -2.28. The molecule has 108 valence electrons. The van der Waals surface area contributed by atoms with Gasteiger partial charge in [0.2, 0.25) is 0 Å². The normalized spacial score (nSPS) is 10.2. The number of nitrogens with zero attached hydrogens (tertiary/aromatic N) is 1. The van der Waals surface area contributed by atoms with Gasteiger partial charge in [0, 0.05) is 16.1 Å². The first-order valence-corrected chi connectivity index (χ1v) is 6.63. The van der Waals surface area contributed by atoms with E-state index in [1.54, 1.807) is 6.07 Å². The van der Waals surface area contributed by atoms with E-state index in [0.29, 0.717) is 4.47 Å². The highest BCUT2D eigenvalue weighted by molar-refractivity contribution is 9.10. The molecule has 2 rings (SSSR count). The molecule has 0 radical (unpaired) electrons. The Morgan fingerprint density at radius 1 is 1.29 bits per heavy atom. The van der Waals surface area contributed by atoms with Crippen molar-refractivity contribution in [1.82, 2.24) is 0 Å². The van der Waals surface area contributed by atoms with E-state index in [2.05, 4.69) is 15.9 Å². The topological polar surface area (TPSA) is 69.4 Å². The Labute approximate surface area is 127 Å². The van der Waals surface area contributed by atoms with Crippen LogP contribution in [0.3, 0.4) is 0 Å². The molecule has 0 heterocycles. The fourth-order valence-electron chi connectivity index (χ4n) is 1.67. The molecule has 2 aromatic carbocycles. The number of hydrogen-bond acceptors (Lipinski definition) is 4. The fourth-order valence-corrected chi connectivity index (χ4v) is 2.00. The molecule has 0 saturated carbocycles. The van der Waals surface area contributed by atoms with Crippen molar-refractivity contribution in [2.45, 2.75) is 6.61 Å². The first-order valence-electron chi connectivity index (χ1n) is 5.83. The maximum atomic E-state index is 13.6. The minimum Gasteiger partial charge on any atom is -0.457 e. The standard InChI is InChI=1S/C14H9BrFNO4/c15-10-6-5-9(12(16)7-10)8-21-14(18)11-3-1-2-4-13(11)17(19)20/h1-7H,8H2. The van der Waals surface area contributed by atoms with Crippen molar-refractivity contribution in [3.63, 3.8) is 0 Å². The van der Waals surface area contributed by atoms with Crippen molar-refractivity contribution in [2.75, 3.05) is 0 Å². The van der Waals surface area contributed by atoms with E-state index in [-0.39, 0.29) is 23.4 Å². The van der Waals surface area contributed by atoms with Crippen LogP contribution in [0.15, 0.2) is 46.9 Å². The average molecular weight is 354 g/mol. The van der Waals surface area contributed by atoms with Crippen LogP contribution in [0.1, 0.15) is 15.9 Å². The van der Waals surface area contributed by atoms with Crippen molar-refractivity contribution in [2.24, 2.45) is 0 Å². The molecule has 7 heteroatoms. The van der Waals surface area contributed by atoms with Gasteiger partial charge in [0.1, 0.15) is 18.0 Å². The SMILES string of the molecule is O=C(OCc1ccc(Br)cc1F)c1ccccc1[N+](=O)[O-]. The zero-order valence-corrected chi connectivity index (χ0v) is 12.2. The van der Waals surface area contributed by atoms with E-state index in [1.807, 2.05) is 0 Å². The van der Waals surface area contributed by atoms with Gasteiger partial charge in [-0.15, -0.1) is 0 Å². The molecule has 0 saturated heterocycles. The maximum Gasteiger partial charge on any atom is 0.345 e. The molecular weight excluding hydrogens is 345 g/mol. The third kappa shape index (κ3) is 3.63. The number of para-hydroxylation sites is 1. The summed E-state index contributed by atoms with van der Waals surface area (Å²) in [4.78, 5) is 22.0. The first kappa shape index (κ1) is 15.1. The molecule has 5 nitrogen and oxygen atoms in total. The molecule has 21 heavy (non-hydrogen) atoms. The molecule has 0 bridgehead atoms. The number of carbonyl (C=O) groups excluding carboxylic acids is 1. The zero-order valence-electron chi connectivity index (χ0n) is 10.6. The van der Waals surface area contributed by atoms with E-state index in [4.69, 9.17) is 4.74 Å². The molecule has 0 fully saturated rings. The lowest BCUT2D eigenvalue weighted by molar-refractivity contribution is -0.385. The highest BCUT2D eigenvalue weighted by Gasteiger charge is 2.20. The average Bonchev–Trinajstić information content (AvgIpc) is 2.46. The van der Waals surface area contributed by atoms with Crippen molar-refractivity contribution >= 4 is 27.6 Å². The van der Waals surface area contributed by atoms with Crippen molar-refractivity contribution in [3.05, 3.63) is 74.0 Å². The number of nitro groups is 1. The lowest BCUT2D eigenvalue weighted by atomic mass is 10.2. The van der Waals surface area contributed by atoms with E-state index in [1.165, 1.54) is 36.4 Å². The Morgan fingerprint density at radius 3 is 2.67 bits per heavy atom. The zero-order chi connectivity index (χ0) is 15.4.